The van der Waals surface area contributed by atoms with Crippen molar-refractivity contribution < 1.29 is 27.8 Å². The van der Waals surface area contributed by atoms with Crippen LogP contribution in [0.4, 0.5) is 14.5 Å². The van der Waals surface area contributed by atoms with Crippen LogP contribution < -0.4 is 9.64 Å². The Labute approximate surface area is 138 Å². The number of hydrogen-bond donors (Lipinski definition) is 0. The van der Waals surface area contributed by atoms with Gasteiger partial charge < -0.3 is 14.4 Å². The molecule has 1 saturated carbocycles. The third-order valence-corrected chi connectivity index (χ3v) is 4.51. The lowest BCUT2D eigenvalue weighted by molar-refractivity contribution is -0.129. The van der Waals surface area contributed by atoms with E-state index in [1.54, 1.807) is 18.2 Å². The molecule has 1 aliphatic carbocycles. The predicted molar refractivity (Wildman–Crippen MR) is 82.5 cm³/mol. The molecule has 0 N–H and O–H groups in total. The number of para-hydroxylation sites is 1. The van der Waals surface area contributed by atoms with E-state index in [1.807, 2.05) is 0 Å². The molecule has 1 aliphatic heterocycles. The number of rotatable bonds is 2. The molecule has 0 saturated heterocycles. The molecule has 0 radical (unpaired) electrons. The third kappa shape index (κ3) is 3.07. The quantitative estimate of drug-likeness (QED) is 0.777. The first-order valence-electron chi connectivity index (χ1n) is 7.96. The first-order valence-corrected chi connectivity index (χ1v) is 7.96. The number of alkyl halides is 2. The van der Waals surface area contributed by atoms with Gasteiger partial charge in [0, 0.05) is 18.8 Å². The molecule has 1 atom stereocenters. The van der Waals surface area contributed by atoms with Crippen LogP contribution in [0.5, 0.6) is 5.75 Å². The number of hydrogen-bond acceptors (Lipinski definition) is 4. The number of benzene rings is 1. The molecule has 1 aromatic carbocycles. The first-order chi connectivity index (χ1) is 11.4. The zero-order valence-corrected chi connectivity index (χ0v) is 13.4. The van der Waals surface area contributed by atoms with Crippen molar-refractivity contribution in [2.45, 2.75) is 31.6 Å². The van der Waals surface area contributed by atoms with Crippen molar-refractivity contribution in [1.29, 1.82) is 0 Å². The summed E-state index contributed by atoms with van der Waals surface area (Å²) in [5, 5.41) is 0. The lowest BCUT2D eigenvalue weighted by Gasteiger charge is -2.35. The van der Waals surface area contributed by atoms with Gasteiger partial charge in [0.25, 0.3) is 0 Å². The van der Waals surface area contributed by atoms with Gasteiger partial charge in [-0.15, -0.1) is 0 Å². The summed E-state index contributed by atoms with van der Waals surface area (Å²) in [7, 11) is 1.26. The number of halogens is 2. The van der Waals surface area contributed by atoms with Crippen LogP contribution >= 0.6 is 0 Å². The summed E-state index contributed by atoms with van der Waals surface area (Å²) < 4.78 is 37.5. The van der Waals surface area contributed by atoms with Crippen LogP contribution in [0.15, 0.2) is 18.2 Å². The Balaban J connectivity index is 1.89. The fourth-order valence-electron chi connectivity index (χ4n) is 3.35. The molecule has 2 aliphatic rings. The number of carbonyl (C=O) groups excluding carboxylic acids is 2. The van der Waals surface area contributed by atoms with E-state index < -0.39 is 24.2 Å². The van der Waals surface area contributed by atoms with E-state index in [4.69, 9.17) is 9.47 Å². The van der Waals surface area contributed by atoms with E-state index >= 15 is 0 Å². The fourth-order valence-corrected chi connectivity index (χ4v) is 3.35. The SMILES string of the molecule is COC(=O)c1cccc2c1OCCN2C(=O)C1CCCC(F)(F)C1. The first kappa shape index (κ1) is 16.7. The van der Waals surface area contributed by atoms with Crippen molar-refractivity contribution in [2.24, 2.45) is 5.92 Å². The Hall–Kier alpha value is -2.18. The van der Waals surface area contributed by atoms with E-state index in [9.17, 15) is 18.4 Å². The highest BCUT2D eigenvalue weighted by atomic mass is 19.3. The van der Waals surface area contributed by atoms with Crippen molar-refractivity contribution in [2.75, 3.05) is 25.2 Å². The van der Waals surface area contributed by atoms with Crippen LogP contribution in [0.3, 0.4) is 0 Å². The number of anilines is 1. The summed E-state index contributed by atoms with van der Waals surface area (Å²) in [5.41, 5.74) is 0.657. The molecule has 24 heavy (non-hydrogen) atoms. The number of nitrogens with zero attached hydrogens (tertiary/aromatic N) is 1. The van der Waals surface area contributed by atoms with Gasteiger partial charge in [0.15, 0.2) is 5.75 Å². The summed E-state index contributed by atoms with van der Waals surface area (Å²) in [6.07, 6.45) is 0.207. The number of fused-ring (bicyclic) bond motifs is 1. The molecule has 3 rings (SSSR count). The number of ether oxygens (including phenoxy) is 2. The second kappa shape index (κ2) is 6.37. The van der Waals surface area contributed by atoms with Crippen molar-refractivity contribution in [3.63, 3.8) is 0 Å². The van der Waals surface area contributed by atoms with E-state index in [0.29, 0.717) is 18.5 Å². The highest BCUT2D eigenvalue weighted by Crippen LogP contribution is 2.40. The van der Waals surface area contributed by atoms with Crippen molar-refractivity contribution in [3.05, 3.63) is 23.8 Å². The van der Waals surface area contributed by atoms with Gasteiger partial charge in [0.05, 0.1) is 19.3 Å². The smallest absolute Gasteiger partial charge is 0.341 e. The predicted octanol–water partition coefficient (Wildman–Crippen LogP) is 3.02. The maximum Gasteiger partial charge on any atom is 0.341 e. The molecular weight excluding hydrogens is 320 g/mol. The van der Waals surface area contributed by atoms with Gasteiger partial charge in [0.2, 0.25) is 11.8 Å². The molecule has 1 heterocycles. The minimum absolute atomic E-state index is 0.164. The van der Waals surface area contributed by atoms with Gasteiger partial charge in [-0.05, 0) is 25.0 Å². The van der Waals surface area contributed by atoms with Crippen LogP contribution in [-0.4, -0.2) is 38.1 Å². The van der Waals surface area contributed by atoms with Crippen LogP contribution in [0.2, 0.25) is 0 Å². The van der Waals surface area contributed by atoms with Gasteiger partial charge in [-0.2, -0.15) is 0 Å². The van der Waals surface area contributed by atoms with Crippen molar-refractivity contribution in [1.82, 2.24) is 0 Å². The monoisotopic (exact) mass is 339 g/mol. The highest BCUT2D eigenvalue weighted by molar-refractivity contribution is 6.01. The summed E-state index contributed by atoms with van der Waals surface area (Å²) in [6, 6.07) is 4.82. The molecule has 7 heteroatoms. The summed E-state index contributed by atoms with van der Waals surface area (Å²) in [4.78, 5) is 26.1. The van der Waals surface area contributed by atoms with E-state index in [0.717, 1.165) is 0 Å². The standard InChI is InChI=1S/C17H19F2NO4/c1-23-16(22)12-5-2-6-13-14(12)24-9-8-20(13)15(21)11-4-3-7-17(18,19)10-11/h2,5-6,11H,3-4,7-10H2,1H3. The van der Waals surface area contributed by atoms with Crippen LogP contribution in [0.25, 0.3) is 0 Å². The van der Waals surface area contributed by atoms with Gasteiger partial charge in [-0.25, -0.2) is 13.6 Å². The van der Waals surface area contributed by atoms with E-state index in [1.165, 1.54) is 12.0 Å². The molecule has 130 valence electrons. The molecule has 0 spiro atoms. The second-order valence-corrected chi connectivity index (χ2v) is 6.13. The van der Waals surface area contributed by atoms with Gasteiger partial charge in [-0.1, -0.05) is 6.07 Å². The van der Waals surface area contributed by atoms with E-state index in [2.05, 4.69) is 0 Å². The molecule has 1 fully saturated rings. The maximum absolute atomic E-state index is 13.6. The number of carbonyl (C=O) groups is 2. The normalized spacial score (nSPS) is 22.3. The second-order valence-electron chi connectivity index (χ2n) is 6.13. The zero-order chi connectivity index (χ0) is 17.3. The molecule has 1 amide bonds. The fraction of sp³-hybridized carbons (Fsp3) is 0.529. The molecule has 5 nitrogen and oxygen atoms in total. The summed E-state index contributed by atoms with van der Waals surface area (Å²) in [5.74, 6) is -4.12. The van der Waals surface area contributed by atoms with E-state index in [-0.39, 0.29) is 36.8 Å². The number of esters is 1. The van der Waals surface area contributed by atoms with Gasteiger partial charge >= 0.3 is 5.97 Å². The Morgan fingerprint density at radius 1 is 1.38 bits per heavy atom. The number of methoxy groups -OCH3 is 1. The number of amides is 1. The van der Waals surface area contributed by atoms with Crippen LogP contribution in [0, 0.1) is 5.92 Å². The molecule has 0 aromatic heterocycles. The topological polar surface area (TPSA) is 55.8 Å². The molecule has 0 bridgehead atoms. The largest absolute Gasteiger partial charge is 0.489 e. The average Bonchev–Trinajstić information content (AvgIpc) is 2.58. The highest BCUT2D eigenvalue weighted by Gasteiger charge is 2.41. The van der Waals surface area contributed by atoms with Crippen LogP contribution in [-0.2, 0) is 9.53 Å². The van der Waals surface area contributed by atoms with Gasteiger partial charge in [-0.3, -0.25) is 4.79 Å². The Morgan fingerprint density at radius 3 is 2.88 bits per heavy atom. The Morgan fingerprint density at radius 2 is 2.17 bits per heavy atom. The summed E-state index contributed by atoms with van der Waals surface area (Å²) >= 11 is 0. The van der Waals surface area contributed by atoms with Crippen LogP contribution in [0.1, 0.15) is 36.0 Å². The maximum atomic E-state index is 13.6. The van der Waals surface area contributed by atoms with Crippen molar-refractivity contribution in [3.8, 4) is 5.75 Å². The zero-order valence-electron chi connectivity index (χ0n) is 13.4. The minimum Gasteiger partial charge on any atom is -0.489 e. The lowest BCUT2D eigenvalue weighted by atomic mass is 9.85. The minimum atomic E-state index is -2.79. The third-order valence-electron chi connectivity index (χ3n) is 4.51. The summed E-state index contributed by atoms with van der Waals surface area (Å²) in [6.45, 7) is 0.481. The molecule has 1 unspecified atom stereocenters. The molecular formula is C17H19F2NO4. The lowest BCUT2D eigenvalue weighted by Crippen LogP contribution is -2.44. The Kier molecular flexibility index (Phi) is 4.43. The average molecular weight is 339 g/mol. The van der Waals surface area contributed by atoms with Gasteiger partial charge in [0.1, 0.15) is 12.2 Å². The molecule has 1 aromatic rings. The Bertz CT molecular complexity index is 662. The van der Waals surface area contributed by atoms with Crippen molar-refractivity contribution >= 4 is 17.6 Å².